The van der Waals surface area contributed by atoms with Gasteiger partial charge in [0.2, 0.25) is 0 Å². The van der Waals surface area contributed by atoms with Crippen molar-refractivity contribution in [2.24, 2.45) is 0 Å². The molecule has 2 saturated carbocycles. The van der Waals surface area contributed by atoms with E-state index in [1.54, 1.807) is 0 Å². The van der Waals surface area contributed by atoms with E-state index in [2.05, 4.69) is 19.2 Å². The smallest absolute Gasteiger partial charge is 0.158 e. The molecule has 0 heterocycles. The lowest BCUT2D eigenvalue weighted by atomic mass is 9.12. The monoisotopic (exact) mass is 773 g/mol. The first kappa shape index (κ1) is 41.2. The SMILES string of the molecule is CCC1([NH2+]C2(CC)CCCCC2)CCCCC1.Fc1cc(F)c(F)c([B-](c2cc(F)cc(F)c2F)(c2cc(F)cc(F)c2F)c2cc(F)cc(F)c2F)c1. The van der Waals surface area contributed by atoms with Crippen molar-refractivity contribution < 1.29 is 58.0 Å². The van der Waals surface area contributed by atoms with Crippen LogP contribution in [0.25, 0.3) is 0 Å². The minimum atomic E-state index is -4.89. The molecule has 0 unspecified atom stereocenters. The zero-order valence-electron chi connectivity index (χ0n) is 29.8. The standard InChI is InChI=1S/C24H8BF12.C16H31N/c26-9-1-13(21(34)17(30)5-9)25(14-2-10(27)6-18(31)22(14)35,15-3-11(28)7-19(32)23(15)36)16-4-12(29)8-20(33)24(16)37;1-3-15(11-7-5-8-12-15)17-16(4-2)13-9-6-10-14-16/h1-8H;17H,3-14H2,1-2H3/q-1;/p+1. The summed E-state index contributed by atoms with van der Waals surface area (Å²) in [6.07, 6.45) is 12.7. The summed E-state index contributed by atoms with van der Waals surface area (Å²) in [6.45, 7) is 4.85. The number of benzene rings is 4. The lowest BCUT2D eigenvalue weighted by Crippen LogP contribution is -3.06. The number of nitrogens with two attached hydrogens (primary N) is 1. The second kappa shape index (κ2) is 16.4. The van der Waals surface area contributed by atoms with Gasteiger partial charge in [-0.1, -0.05) is 51.0 Å². The molecule has 0 radical (unpaired) electrons. The van der Waals surface area contributed by atoms with Crippen LogP contribution in [0.3, 0.4) is 0 Å². The highest BCUT2D eigenvalue weighted by Gasteiger charge is 2.45. The van der Waals surface area contributed by atoms with E-state index in [1.165, 1.54) is 77.0 Å². The normalized spacial score (nSPS) is 16.9. The third-order valence-corrected chi connectivity index (χ3v) is 11.7. The van der Waals surface area contributed by atoms with Gasteiger partial charge in [0.25, 0.3) is 0 Å². The molecule has 0 bridgehead atoms. The maximum Gasteiger partial charge on any atom is 0.158 e. The van der Waals surface area contributed by atoms with Crippen molar-refractivity contribution in [2.45, 2.75) is 102 Å². The molecule has 0 amide bonds. The Kier molecular flexibility index (Phi) is 12.5. The van der Waals surface area contributed by atoms with Gasteiger partial charge in [-0.25, -0.2) is 52.7 Å². The molecule has 2 aliphatic rings. The van der Waals surface area contributed by atoms with Gasteiger partial charge in [-0.05, 0) is 38.5 Å². The van der Waals surface area contributed by atoms with Gasteiger partial charge in [0.15, 0.2) is 23.3 Å². The van der Waals surface area contributed by atoms with Crippen LogP contribution in [0.15, 0.2) is 48.5 Å². The molecule has 4 aromatic rings. The van der Waals surface area contributed by atoms with Gasteiger partial charge < -0.3 is 5.32 Å². The molecule has 2 aliphatic carbocycles. The van der Waals surface area contributed by atoms with Crippen LogP contribution in [-0.4, -0.2) is 17.2 Å². The van der Waals surface area contributed by atoms with Crippen molar-refractivity contribution in [1.29, 1.82) is 0 Å². The quantitative estimate of drug-likeness (QED) is 0.105. The Labute approximate surface area is 306 Å². The molecular formula is C40H40BF12N. The fraction of sp³-hybridized carbons (Fsp3) is 0.400. The van der Waals surface area contributed by atoms with Crippen molar-refractivity contribution in [2.75, 3.05) is 0 Å². The number of quaternary nitrogens is 1. The molecule has 292 valence electrons. The molecule has 2 fully saturated rings. The molecule has 0 saturated heterocycles. The highest BCUT2D eigenvalue weighted by molar-refractivity contribution is 7.20. The van der Waals surface area contributed by atoms with Gasteiger partial charge in [0.1, 0.15) is 52.7 Å². The van der Waals surface area contributed by atoms with Crippen LogP contribution >= 0.6 is 0 Å². The third kappa shape index (κ3) is 7.90. The Balaban J connectivity index is 0.000000274. The summed E-state index contributed by atoms with van der Waals surface area (Å²) in [6, 6.07) is -0.451. The van der Waals surface area contributed by atoms with Crippen LogP contribution < -0.4 is 27.2 Å². The molecule has 2 N–H and O–H groups in total. The lowest BCUT2D eigenvalue weighted by molar-refractivity contribution is -0.796. The Morgan fingerprint density at radius 1 is 0.407 bits per heavy atom. The maximum absolute atomic E-state index is 15.3. The van der Waals surface area contributed by atoms with Crippen LogP contribution in [0, 0.1) is 69.8 Å². The molecule has 6 rings (SSSR count). The van der Waals surface area contributed by atoms with Gasteiger partial charge in [-0.3, -0.25) is 0 Å². The summed E-state index contributed by atoms with van der Waals surface area (Å²) in [4.78, 5) is 0. The molecule has 0 spiro atoms. The summed E-state index contributed by atoms with van der Waals surface area (Å²) in [7, 11) is 0. The van der Waals surface area contributed by atoms with Crippen LogP contribution in [0.2, 0.25) is 0 Å². The topological polar surface area (TPSA) is 16.6 Å². The van der Waals surface area contributed by atoms with Crippen molar-refractivity contribution in [3.8, 4) is 0 Å². The van der Waals surface area contributed by atoms with E-state index in [4.69, 9.17) is 0 Å². The summed E-state index contributed by atoms with van der Waals surface area (Å²) in [5, 5.41) is 2.87. The molecule has 1 nitrogen and oxygen atoms in total. The Morgan fingerprint density at radius 3 is 0.870 bits per heavy atom. The molecular weight excluding hydrogens is 733 g/mol. The van der Waals surface area contributed by atoms with Gasteiger partial charge in [-0.15, -0.1) is 0 Å². The average Bonchev–Trinajstić information content (AvgIpc) is 3.13. The molecule has 0 atom stereocenters. The molecule has 0 aliphatic heterocycles. The largest absolute Gasteiger partial charge is 0.337 e. The molecule has 4 aromatic carbocycles. The summed E-state index contributed by atoms with van der Waals surface area (Å²) < 4.78 is 176. The predicted molar refractivity (Wildman–Crippen MR) is 184 cm³/mol. The molecule has 54 heavy (non-hydrogen) atoms. The Hall–Kier alpha value is -3.94. The van der Waals surface area contributed by atoms with Crippen molar-refractivity contribution >= 4 is 28.0 Å². The zero-order chi connectivity index (χ0) is 39.6. The van der Waals surface area contributed by atoms with Gasteiger partial charge in [0.05, 0.1) is 11.1 Å². The lowest BCUT2D eigenvalue weighted by Gasteiger charge is -2.45. The van der Waals surface area contributed by atoms with Crippen molar-refractivity contribution in [3.63, 3.8) is 0 Å². The van der Waals surface area contributed by atoms with E-state index in [0.717, 1.165) is 0 Å². The van der Waals surface area contributed by atoms with E-state index in [0.29, 0.717) is 11.1 Å². The van der Waals surface area contributed by atoms with E-state index in [-0.39, 0.29) is 48.5 Å². The predicted octanol–water partition coefficient (Wildman–Crippen LogP) is 8.51. The van der Waals surface area contributed by atoms with Gasteiger partial charge >= 0.3 is 0 Å². The number of hydrogen-bond donors (Lipinski definition) is 1. The van der Waals surface area contributed by atoms with Gasteiger partial charge in [-0.2, -0.15) is 21.9 Å². The number of halogens is 12. The highest BCUT2D eigenvalue weighted by Crippen LogP contribution is 2.33. The van der Waals surface area contributed by atoms with E-state index >= 15 is 17.6 Å². The second-order valence-electron chi connectivity index (χ2n) is 14.7. The van der Waals surface area contributed by atoms with Crippen LogP contribution in [0.5, 0.6) is 0 Å². The average molecular weight is 774 g/mol. The minimum Gasteiger partial charge on any atom is -0.337 e. The third-order valence-electron chi connectivity index (χ3n) is 11.7. The van der Waals surface area contributed by atoms with Crippen LogP contribution in [-0.2, 0) is 0 Å². The summed E-state index contributed by atoms with van der Waals surface area (Å²) in [5.41, 5.74) is -5.45. The van der Waals surface area contributed by atoms with Crippen molar-refractivity contribution in [1.82, 2.24) is 0 Å². The Bertz CT molecular complexity index is 1730. The number of hydrogen-bond acceptors (Lipinski definition) is 0. The van der Waals surface area contributed by atoms with Gasteiger partial charge in [0, 0.05) is 49.9 Å². The van der Waals surface area contributed by atoms with Crippen molar-refractivity contribution in [3.05, 3.63) is 118 Å². The first-order valence-corrected chi connectivity index (χ1v) is 18.2. The second-order valence-corrected chi connectivity index (χ2v) is 14.7. The zero-order valence-corrected chi connectivity index (χ0v) is 29.8. The maximum atomic E-state index is 15.3. The first-order valence-electron chi connectivity index (χ1n) is 18.2. The van der Waals surface area contributed by atoms with Crippen LogP contribution in [0.1, 0.15) is 90.9 Å². The van der Waals surface area contributed by atoms with E-state index < -0.39 is 97.8 Å². The Morgan fingerprint density at radius 2 is 0.648 bits per heavy atom. The van der Waals surface area contributed by atoms with E-state index in [9.17, 15) is 35.1 Å². The molecule has 0 aromatic heterocycles. The summed E-state index contributed by atoms with van der Waals surface area (Å²) in [5.74, 6) is -24.2. The molecule has 14 heteroatoms. The fourth-order valence-corrected chi connectivity index (χ4v) is 8.93. The minimum absolute atomic E-state index is 0.0227. The van der Waals surface area contributed by atoms with Crippen LogP contribution in [0.4, 0.5) is 52.7 Å². The number of rotatable bonds is 8. The van der Waals surface area contributed by atoms with E-state index in [1.807, 2.05) is 0 Å². The fourth-order valence-electron chi connectivity index (χ4n) is 8.93. The first-order chi connectivity index (χ1) is 25.5. The summed E-state index contributed by atoms with van der Waals surface area (Å²) >= 11 is 0. The highest BCUT2D eigenvalue weighted by atomic mass is 19.2.